The number of rotatable bonds is 4. The van der Waals surface area contributed by atoms with E-state index in [2.05, 4.69) is 55.6 Å². The molecular weight excluding hydrogens is 194 g/mol. The molecule has 1 aromatic rings. The zero-order valence-electron chi connectivity index (χ0n) is 8.73. The topological polar surface area (TPSA) is 12.0 Å². The van der Waals surface area contributed by atoms with Crippen LogP contribution in [0.3, 0.4) is 0 Å². The minimum atomic E-state index is 0. The van der Waals surface area contributed by atoms with E-state index in [-0.39, 0.29) is 12.4 Å². The minimum Gasteiger partial charge on any atom is -0.311 e. The molecule has 0 spiro atoms. The summed E-state index contributed by atoms with van der Waals surface area (Å²) < 4.78 is 0. The summed E-state index contributed by atoms with van der Waals surface area (Å²) in [4.78, 5) is 0. The Hall–Kier alpha value is -0.790. The summed E-state index contributed by atoms with van der Waals surface area (Å²) in [7, 11) is 0. The van der Waals surface area contributed by atoms with Crippen LogP contribution in [0, 0.1) is 0 Å². The molecule has 0 atom stereocenters. The summed E-state index contributed by atoms with van der Waals surface area (Å²) in [5, 5.41) is 3.33. The van der Waals surface area contributed by atoms with Crippen LogP contribution in [0.1, 0.15) is 19.4 Å². The molecule has 0 aliphatic rings. The molecule has 1 rings (SSSR count). The third-order valence-corrected chi connectivity index (χ3v) is 1.75. The maximum atomic E-state index is 3.33. The van der Waals surface area contributed by atoms with Crippen LogP contribution in [0.5, 0.6) is 0 Å². The van der Waals surface area contributed by atoms with Crippen molar-refractivity contribution in [1.82, 2.24) is 5.32 Å². The lowest BCUT2D eigenvalue weighted by Crippen LogP contribution is -2.22. The molecule has 78 valence electrons. The van der Waals surface area contributed by atoms with Crippen LogP contribution in [-0.4, -0.2) is 12.6 Å². The SMILES string of the molecule is CC(C)NC/C=C/c1ccccc1.Cl. The van der Waals surface area contributed by atoms with Crippen LogP contribution < -0.4 is 5.32 Å². The highest BCUT2D eigenvalue weighted by Gasteiger charge is 1.86. The van der Waals surface area contributed by atoms with Crippen LogP contribution in [0.4, 0.5) is 0 Å². The van der Waals surface area contributed by atoms with E-state index in [4.69, 9.17) is 0 Å². The zero-order valence-corrected chi connectivity index (χ0v) is 9.55. The first-order valence-electron chi connectivity index (χ1n) is 4.74. The van der Waals surface area contributed by atoms with Crippen molar-refractivity contribution in [3.8, 4) is 0 Å². The van der Waals surface area contributed by atoms with Gasteiger partial charge in [0, 0.05) is 12.6 Å². The number of hydrogen-bond donors (Lipinski definition) is 1. The van der Waals surface area contributed by atoms with E-state index in [0.717, 1.165) is 6.54 Å². The van der Waals surface area contributed by atoms with Crippen molar-refractivity contribution in [3.63, 3.8) is 0 Å². The summed E-state index contributed by atoms with van der Waals surface area (Å²) in [6, 6.07) is 10.9. The molecule has 0 saturated heterocycles. The van der Waals surface area contributed by atoms with Gasteiger partial charge in [-0.2, -0.15) is 0 Å². The van der Waals surface area contributed by atoms with E-state index in [1.807, 2.05) is 6.07 Å². The van der Waals surface area contributed by atoms with Gasteiger partial charge in [-0.15, -0.1) is 12.4 Å². The molecule has 0 amide bonds. The van der Waals surface area contributed by atoms with Gasteiger partial charge in [-0.25, -0.2) is 0 Å². The van der Waals surface area contributed by atoms with Gasteiger partial charge in [0.1, 0.15) is 0 Å². The Balaban J connectivity index is 0.00000169. The standard InChI is InChI=1S/C12H17N.ClH/c1-11(2)13-10-6-9-12-7-4-3-5-8-12;/h3-9,11,13H,10H2,1-2H3;1H/b9-6+;. The molecule has 1 nitrogen and oxygen atoms in total. The Labute approximate surface area is 92.6 Å². The maximum Gasteiger partial charge on any atom is 0.0140 e. The van der Waals surface area contributed by atoms with Gasteiger partial charge in [0.05, 0.1) is 0 Å². The lowest BCUT2D eigenvalue weighted by Gasteiger charge is -2.03. The summed E-state index contributed by atoms with van der Waals surface area (Å²) in [5.41, 5.74) is 1.26. The summed E-state index contributed by atoms with van der Waals surface area (Å²) in [6.07, 6.45) is 4.28. The number of benzene rings is 1. The fourth-order valence-electron chi connectivity index (χ4n) is 1.06. The quantitative estimate of drug-likeness (QED) is 0.807. The Morgan fingerprint density at radius 1 is 1.21 bits per heavy atom. The van der Waals surface area contributed by atoms with E-state index in [1.165, 1.54) is 5.56 Å². The molecular formula is C12H18ClN. The van der Waals surface area contributed by atoms with E-state index in [0.29, 0.717) is 6.04 Å². The van der Waals surface area contributed by atoms with Crippen molar-refractivity contribution in [2.24, 2.45) is 0 Å². The predicted octanol–water partition coefficient (Wildman–Crippen LogP) is 3.12. The van der Waals surface area contributed by atoms with Crippen molar-refractivity contribution in [2.75, 3.05) is 6.54 Å². The van der Waals surface area contributed by atoms with Crippen molar-refractivity contribution >= 4 is 18.5 Å². The van der Waals surface area contributed by atoms with Crippen molar-refractivity contribution < 1.29 is 0 Å². The molecule has 0 heterocycles. The highest BCUT2D eigenvalue weighted by molar-refractivity contribution is 5.85. The first kappa shape index (κ1) is 13.2. The molecule has 0 radical (unpaired) electrons. The van der Waals surface area contributed by atoms with Gasteiger partial charge >= 0.3 is 0 Å². The Kier molecular flexibility index (Phi) is 7.17. The van der Waals surface area contributed by atoms with E-state index < -0.39 is 0 Å². The summed E-state index contributed by atoms with van der Waals surface area (Å²) in [5.74, 6) is 0. The molecule has 0 saturated carbocycles. The van der Waals surface area contributed by atoms with Crippen LogP contribution in [-0.2, 0) is 0 Å². The minimum absolute atomic E-state index is 0. The molecule has 0 fully saturated rings. The Bertz CT molecular complexity index is 254. The molecule has 0 unspecified atom stereocenters. The zero-order chi connectivity index (χ0) is 9.52. The summed E-state index contributed by atoms with van der Waals surface area (Å²) >= 11 is 0. The van der Waals surface area contributed by atoms with Gasteiger partial charge in [-0.05, 0) is 5.56 Å². The van der Waals surface area contributed by atoms with Crippen LogP contribution in [0.2, 0.25) is 0 Å². The maximum absolute atomic E-state index is 3.33. The van der Waals surface area contributed by atoms with Gasteiger partial charge in [-0.1, -0.05) is 56.3 Å². The van der Waals surface area contributed by atoms with Gasteiger partial charge in [0.2, 0.25) is 0 Å². The average molecular weight is 212 g/mol. The van der Waals surface area contributed by atoms with E-state index >= 15 is 0 Å². The smallest absolute Gasteiger partial charge is 0.0140 e. The molecule has 0 aromatic heterocycles. The van der Waals surface area contributed by atoms with Gasteiger partial charge in [0.15, 0.2) is 0 Å². The molecule has 0 bridgehead atoms. The summed E-state index contributed by atoms with van der Waals surface area (Å²) in [6.45, 7) is 5.24. The van der Waals surface area contributed by atoms with Gasteiger partial charge in [-0.3, -0.25) is 0 Å². The molecule has 1 aromatic carbocycles. The number of halogens is 1. The molecule has 1 N–H and O–H groups in total. The average Bonchev–Trinajstić information content (AvgIpc) is 2.14. The lowest BCUT2D eigenvalue weighted by molar-refractivity contribution is 0.633. The van der Waals surface area contributed by atoms with Crippen molar-refractivity contribution in [2.45, 2.75) is 19.9 Å². The Morgan fingerprint density at radius 2 is 1.86 bits per heavy atom. The van der Waals surface area contributed by atoms with Crippen LogP contribution in [0.25, 0.3) is 6.08 Å². The number of nitrogens with one attached hydrogen (secondary N) is 1. The van der Waals surface area contributed by atoms with Crippen LogP contribution >= 0.6 is 12.4 Å². The highest BCUT2D eigenvalue weighted by Crippen LogP contribution is 1.99. The van der Waals surface area contributed by atoms with Crippen molar-refractivity contribution in [1.29, 1.82) is 0 Å². The third kappa shape index (κ3) is 5.79. The first-order valence-corrected chi connectivity index (χ1v) is 4.74. The second-order valence-electron chi connectivity index (χ2n) is 3.38. The van der Waals surface area contributed by atoms with E-state index in [9.17, 15) is 0 Å². The number of hydrogen-bond acceptors (Lipinski definition) is 1. The van der Waals surface area contributed by atoms with E-state index in [1.54, 1.807) is 0 Å². The monoisotopic (exact) mass is 211 g/mol. The Morgan fingerprint density at radius 3 is 2.43 bits per heavy atom. The largest absolute Gasteiger partial charge is 0.311 e. The van der Waals surface area contributed by atoms with Gasteiger partial charge < -0.3 is 5.32 Å². The predicted molar refractivity (Wildman–Crippen MR) is 65.9 cm³/mol. The molecule has 14 heavy (non-hydrogen) atoms. The lowest BCUT2D eigenvalue weighted by atomic mass is 10.2. The fraction of sp³-hybridized carbons (Fsp3) is 0.333. The molecule has 0 aliphatic heterocycles. The fourth-order valence-corrected chi connectivity index (χ4v) is 1.06. The third-order valence-electron chi connectivity index (χ3n) is 1.75. The second kappa shape index (κ2) is 7.60. The normalized spacial score (nSPS) is 10.5. The van der Waals surface area contributed by atoms with Crippen LogP contribution in [0.15, 0.2) is 36.4 Å². The first-order chi connectivity index (χ1) is 6.29. The van der Waals surface area contributed by atoms with Gasteiger partial charge in [0.25, 0.3) is 0 Å². The second-order valence-corrected chi connectivity index (χ2v) is 3.38. The molecule has 0 aliphatic carbocycles. The molecule has 2 heteroatoms. The van der Waals surface area contributed by atoms with Crippen molar-refractivity contribution in [3.05, 3.63) is 42.0 Å². The highest BCUT2D eigenvalue weighted by atomic mass is 35.5.